The standard InChI is InChI=1S/C14H27N3O3S/c1-21(18,19)14(7-9-20-10-8-14)11-16-13(15)17-12-5-3-2-4-6-12/h12H,2-11H2,1H3,(H3,15,16,17). The molecule has 1 saturated carbocycles. The summed E-state index contributed by atoms with van der Waals surface area (Å²) in [4.78, 5) is 4.33. The summed E-state index contributed by atoms with van der Waals surface area (Å²) in [6.45, 7) is 1.16. The Kier molecular flexibility index (Phi) is 5.48. The molecule has 0 bridgehead atoms. The molecule has 1 saturated heterocycles. The van der Waals surface area contributed by atoms with Gasteiger partial charge in [-0.3, -0.25) is 4.99 Å². The minimum atomic E-state index is -3.19. The van der Waals surface area contributed by atoms with Crippen LogP contribution >= 0.6 is 0 Å². The number of guanidine groups is 1. The first kappa shape index (κ1) is 16.5. The van der Waals surface area contributed by atoms with Crippen LogP contribution in [-0.4, -0.2) is 51.2 Å². The van der Waals surface area contributed by atoms with E-state index in [9.17, 15) is 8.42 Å². The Morgan fingerprint density at radius 1 is 1.29 bits per heavy atom. The Balaban J connectivity index is 1.98. The van der Waals surface area contributed by atoms with Gasteiger partial charge < -0.3 is 15.8 Å². The molecule has 1 heterocycles. The maximum Gasteiger partial charge on any atom is 0.188 e. The molecular weight excluding hydrogens is 290 g/mol. The van der Waals surface area contributed by atoms with Gasteiger partial charge in [0.1, 0.15) is 0 Å². The van der Waals surface area contributed by atoms with Crippen molar-refractivity contribution in [3.8, 4) is 0 Å². The van der Waals surface area contributed by atoms with E-state index in [2.05, 4.69) is 10.3 Å². The van der Waals surface area contributed by atoms with Gasteiger partial charge in [-0.25, -0.2) is 8.42 Å². The van der Waals surface area contributed by atoms with E-state index in [-0.39, 0.29) is 6.54 Å². The highest BCUT2D eigenvalue weighted by atomic mass is 32.2. The number of nitrogens with zero attached hydrogens (tertiary/aromatic N) is 1. The lowest BCUT2D eigenvalue weighted by molar-refractivity contribution is 0.0768. The van der Waals surface area contributed by atoms with Crippen LogP contribution in [0.1, 0.15) is 44.9 Å². The summed E-state index contributed by atoms with van der Waals surface area (Å²) in [7, 11) is -3.19. The van der Waals surface area contributed by atoms with E-state index in [0.29, 0.717) is 38.1 Å². The lowest BCUT2D eigenvalue weighted by Gasteiger charge is -2.34. The Hall–Kier alpha value is -0.820. The van der Waals surface area contributed by atoms with E-state index >= 15 is 0 Å². The quantitative estimate of drug-likeness (QED) is 0.591. The van der Waals surface area contributed by atoms with Crippen molar-refractivity contribution >= 4 is 15.8 Å². The Morgan fingerprint density at radius 2 is 1.90 bits per heavy atom. The van der Waals surface area contributed by atoms with E-state index in [4.69, 9.17) is 10.5 Å². The summed E-state index contributed by atoms with van der Waals surface area (Å²) in [6.07, 6.45) is 8.22. The first-order valence-electron chi connectivity index (χ1n) is 7.77. The summed E-state index contributed by atoms with van der Waals surface area (Å²) >= 11 is 0. The molecule has 0 aromatic heterocycles. The summed E-state index contributed by atoms with van der Waals surface area (Å²) < 4.78 is 28.7. The third-order valence-corrected chi connectivity index (χ3v) is 6.80. The van der Waals surface area contributed by atoms with Gasteiger partial charge in [0.05, 0.1) is 11.3 Å². The molecule has 6 nitrogen and oxygen atoms in total. The average Bonchev–Trinajstić information content (AvgIpc) is 2.46. The molecule has 0 aromatic rings. The zero-order valence-corrected chi connectivity index (χ0v) is 13.6. The predicted molar refractivity (Wildman–Crippen MR) is 84.1 cm³/mol. The maximum absolute atomic E-state index is 12.1. The molecular formula is C14H27N3O3S. The molecule has 2 fully saturated rings. The number of rotatable bonds is 4. The van der Waals surface area contributed by atoms with E-state index in [1.54, 1.807) is 0 Å². The van der Waals surface area contributed by atoms with Crippen LogP contribution in [0.3, 0.4) is 0 Å². The van der Waals surface area contributed by atoms with Gasteiger partial charge in [0.15, 0.2) is 15.8 Å². The van der Waals surface area contributed by atoms with E-state index in [0.717, 1.165) is 12.8 Å². The first-order valence-corrected chi connectivity index (χ1v) is 9.66. The fourth-order valence-corrected chi connectivity index (χ4v) is 4.33. The summed E-state index contributed by atoms with van der Waals surface area (Å²) in [5.41, 5.74) is 5.94. The van der Waals surface area contributed by atoms with Gasteiger partial charge in [0.25, 0.3) is 0 Å². The van der Waals surface area contributed by atoms with Crippen LogP contribution in [0.4, 0.5) is 0 Å². The van der Waals surface area contributed by atoms with Crippen molar-refractivity contribution in [2.75, 3.05) is 26.0 Å². The number of aliphatic imine (C=N–C) groups is 1. The lowest BCUT2D eigenvalue weighted by Crippen LogP contribution is -2.47. The van der Waals surface area contributed by atoms with Gasteiger partial charge in [-0.15, -0.1) is 0 Å². The van der Waals surface area contributed by atoms with Crippen LogP contribution in [0.2, 0.25) is 0 Å². The second kappa shape index (κ2) is 6.96. The topological polar surface area (TPSA) is 93.8 Å². The number of nitrogens with one attached hydrogen (secondary N) is 1. The van der Waals surface area contributed by atoms with Crippen molar-refractivity contribution in [3.05, 3.63) is 0 Å². The molecule has 0 spiro atoms. The van der Waals surface area contributed by atoms with Gasteiger partial charge in [-0.1, -0.05) is 19.3 Å². The molecule has 3 N–H and O–H groups in total. The summed E-state index contributed by atoms with van der Waals surface area (Å²) in [5, 5.41) is 3.23. The number of sulfone groups is 1. The van der Waals surface area contributed by atoms with Crippen LogP contribution in [0, 0.1) is 0 Å². The van der Waals surface area contributed by atoms with Gasteiger partial charge in [-0.2, -0.15) is 0 Å². The third-order valence-electron chi connectivity index (χ3n) is 4.69. The highest BCUT2D eigenvalue weighted by Gasteiger charge is 2.42. The highest BCUT2D eigenvalue weighted by Crippen LogP contribution is 2.29. The summed E-state index contributed by atoms with van der Waals surface area (Å²) in [5.74, 6) is 0.372. The van der Waals surface area contributed by atoms with E-state index in [1.807, 2.05) is 0 Å². The molecule has 0 radical (unpaired) electrons. The molecule has 21 heavy (non-hydrogen) atoms. The number of ether oxygens (including phenoxy) is 1. The second-order valence-electron chi connectivity index (χ2n) is 6.25. The number of nitrogens with two attached hydrogens (primary N) is 1. The molecule has 1 aliphatic heterocycles. The van der Waals surface area contributed by atoms with Crippen LogP contribution in [0.25, 0.3) is 0 Å². The molecule has 0 amide bonds. The highest BCUT2D eigenvalue weighted by molar-refractivity contribution is 7.92. The normalized spacial score (nSPS) is 24.7. The summed E-state index contributed by atoms with van der Waals surface area (Å²) in [6, 6.07) is 0.381. The van der Waals surface area contributed by atoms with Crippen LogP contribution in [0.5, 0.6) is 0 Å². The van der Waals surface area contributed by atoms with Crippen molar-refractivity contribution in [3.63, 3.8) is 0 Å². The fourth-order valence-electron chi connectivity index (χ4n) is 3.12. The van der Waals surface area contributed by atoms with Gasteiger partial charge in [-0.05, 0) is 25.7 Å². The lowest BCUT2D eigenvalue weighted by atomic mass is 9.96. The van der Waals surface area contributed by atoms with Crippen molar-refractivity contribution in [1.82, 2.24) is 5.32 Å². The minimum absolute atomic E-state index is 0.223. The first-order chi connectivity index (χ1) is 9.93. The van der Waals surface area contributed by atoms with Gasteiger partial charge in [0.2, 0.25) is 0 Å². The van der Waals surface area contributed by atoms with E-state index < -0.39 is 14.6 Å². The maximum atomic E-state index is 12.1. The van der Waals surface area contributed by atoms with Crippen LogP contribution in [0.15, 0.2) is 4.99 Å². The Labute approximate surface area is 127 Å². The number of hydrogen-bond donors (Lipinski definition) is 2. The SMILES string of the molecule is CS(=O)(=O)C1(CN=C(N)NC2CCCCC2)CCOCC1. The van der Waals surface area contributed by atoms with Crippen molar-refractivity contribution in [1.29, 1.82) is 0 Å². The van der Waals surface area contributed by atoms with Crippen LogP contribution < -0.4 is 11.1 Å². The van der Waals surface area contributed by atoms with Gasteiger partial charge in [0, 0.05) is 25.5 Å². The Morgan fingerprint density at radius 3 is 2.48 bits per heavy atom. The molecule has 7 heteroatoms. The Bertz CT molecular complexity index is 464. The molecule has 122 valence electrons. The molecule has 2 aliphatic rings. The fraction of sp³-hybridized carbons (Fsp3) is 0.929. The molecule has 0 unspecified atom stereocenters. The minimum Gasteiger partial charge on any atom is -0.381 e. The average molecular weight is 317 g/mol. The largest absolute Gasteiger partial charge is 0.381 e. The molecule has 1 aliphatic carbocycles. The predicted octanol–water partition coefficient (Wildman–Crippen LogP) is 0.817. The third kappa shape index (κ3) is 4.32. The zero-order valence-electron chi connectivity index (χ0n) is 12.8. The molecule has 0 aromatic carbocycles. The number of hydrogen-bond acceptors (Lipinski definition) is 4. The van der Waals surface area contributed by atoms with Crippen molar-refractivity contribution < 1.29 is 13.2 Å². The van der Waals surface area contributed by atoms with Gasteiger partial charge >= 0.3 is 0 Å². The zero-order chi connectivity index (χ0) is 15.3. The van der Waals surface area contributed by atoms with E-state index in [1.165, 1.54) is 25.5 Å². The van der Waals surface area contributed by atoms with Crippen LogP contribution in [-0.2, 0) is 14.6 Å². The second-order valence-corrected chi connectivity index (χ2v) is 8.66. The molecule has 0 atom stereocenters. The van der Waals surface area contributed by atoms with Crippen molar-refractivity contribution in [2.24, 2.45) is 10.7 Å². The smallest absolute Gasteiger partial charge is 0.188 e. The monoisotopic (exact) mass is 317 g/mol. The molecule has 2 rings (SSSR count). The van der Waals surface area contributed by atoms with Crippen molar-refractivity contribution in [2.45, 2.75) is 55.7 Å².